The summed E-state index contributed by atoms with van der Waals surface area (Å²) in [7, 11) is 0. The Kier molecular flexibility index (Phi) is 58.8. The van der Waals surface area contributed by atoms with Crippen LogP contribution in [0.25, 0.3) is 0 Å². The Morgan fingerprint density at radius 2 is 0.133 bits per heavy atom. The van der Waals surface area contributed by atoms with Gasteiger partial charge in [0.25, 0.3) is 0 Å². The van der Waals surface area contributed by atoms with Crippen LogP contribution in [0, 0.1) is 581 Å². The number of hydrogen-bond acceptors (Lipinski definition) is 0. The van der Waals surface area contributed by atoms with Crippen LogP contribution in [-0.4, -0.2) is 0 Å². The molecular weight excluding hydrogens is 1180 g/mol. The molecule has 0 amide bonds. The van der Waals surface area contributed by atoms with E-state index >= 15 is 0 Å². The topological polar surface area (TPSA) is 0 Å². The first kappa shape index (κ1) is 76.4. The van der Waals surface area contributed by atoms with Gasteiger partial charge in [0.15, 0.2) is 0 Å². The zero-order valence-corrected chi connectivity index (χ0v) is 49.1. The molecule has 0 unspecified atom stereocenters. The van der Waals surface area contributed by atoms with Gasteiger partial charge in [0, 0.05) is 456 Å². The van der Waals surface area contributed by atoms with E-state index in [0.29, 0.717) is 0 Å². The van der Waals surface area contributed by atoms with Gasteiger partial charge in [-0.15, -0.1) is 12.3 Å². The first-order chi connectivity index (χ1) is 48.9. The SMILES string of the molecule is [C-]#CC#CC#CC#CC#CC#CC#CC#CC#CC#CC#CC#CC#CC#CC#CC#CC#CC#CC#CC#CC#CC#CC#CC#CC#CC#CC#CC#CC#CC#CC#CC#CC#CC#CC#CC#CC#CC#CC#CC#CC#CC#CC#CC#CC#CC#CC#CC#CC#C. The summed E-state index contributed by atoms with van der Waals surface area (Å²) in [5.41, 5.74) is 0. The summed E-state index contributed by atoms with van der Waals surface area (Å²) in [5, 5.41) is 0. The molecule has 0 saturated heterocycles. The van der Waals surface area contributed by atoms with E-state index in [2.05, 4.69) is 562 Å². The minimum Gasteiger partial charge on any atom is -0.358 e. The fraction of sp³-hybridized carbons (Fsp3) is 0. The summed E-state index contributed by atoms with van der Waals surface area (Å²) in [5.74, 6) is 237. The van der Waals surface area contributed by atoms with Crippen molar-refractivity contribution >= 4 is 0 Å². The Morgan fingerprint density at radius 3 is 0.184 bits per heavy atom. The molecule has 0 nitrogen and oxygen atoms in total. The van der Waals surface area contributed by atoms with Crippen LogP contribution in [0.2, 0.25) is 0 Å². The molecule has 0 aliphatic heterocycles. The standard InChI is InChI=1S/C98H/c1-3-5-7-9-11-13-15-17-19-21-23-25-27-29-31-33-35-37-39-41-43-45-47-49-51-53-55-57-59-61-63-65-67-69-71-73-75-77-79-81-83-85-87-89-91-93-95-97-98-96-94-92-90-88-86-84-82-80-78-76-74-72-70-68-66-64-62-60-58-56-54-52-50-48-46-44-42-40-38-36-34-32-30-28-26-24-22-20-18-16-14-12-10-8-6-4-2/h1H/q-1. The van der Waals surface area contributed by atoms with Crippen molar-refractivity contribution in [3.8, 4) is 575 Å². The molecule has 0 aromatic heterocycles. The summed E-state index contributed by atoms with van der Waals surface area (Å²) in [6.45, 7) is 0. The summed E-state index contributed by atoms with van der Waals surface area (Å²) in [6.07, 6.45) is 11.5. The van der Waals surface area contributed by atoms with Gasteiger partial charge in [-0.1, -0.05) is 0 Å². The Bertz CT molecular complexity index is 6500. The Balaban J connectivity index is 4.63. The van der Waals surface area contributed by atoms with Crippen molar-refractivity contribution in [2.24, 2.45) is 0 Å². The molecule has 0 heterocycles. The fourth-order valence-electron chi connectivity index (χ4n) is 2.94. The van der Waals surface area contributed by atoms with Gasteiger partial charge >= 0.3 is 0 Å². The van der Waals surface area contributed by atoms with Gasteiger partial charge in [0.1, 0.15) is 0 Å². The minimum absolute atomic E-state index is 1.87. The molecule has 0 bridgehead atoms. The molecule has 0 N–H and O–H groups in total. The van der Waals surface area contributed by atoms with E-state index in [-0.39, 0.29) is 0 Å². The lowest BCUT2D eigenvalue weighted by Gasteiger charge is -1.63. The van der Waals surface area contributed by atoms with E-state index in [0.717, 1.165) is 0 Å². The largest absolute Gasteiger partial charge is 0.358 e. The van der Waals surface area contributed by atoms with Crippen molar-refractivity contribution in [2.75, 3.05) is 0 Å². The van der Waals surface area contributed by atoms with Gasteiger partial charge in [-0.05, 0) is 94.7 Å². The fourth-order valence-corrected chi connectivity index (χ4v) is 2.94. The minimum atomic E-state index is 1.87. The van der Waals surface area contributed by atoms with Crippen LogP contribution in [0.5, 0.6) is 0 Å². The van der Waals surface area contributed by atoms with Gasteiger partial charge in [0.05, 0.1) is 0 Å². The van der Waals surface area contributed by atoms with Crippen molar-refractivity contribution in [3.05, 3.63) is 6.42 Å². The Morgan fingerprint density at radius 1 is 0.0816 bits per heavy atom. The van der Waals surface area contributed by atoms with Crippen LogP contribution >= 0.6 is 0 Å². The van der Waals surface area contributed by atoms with Gasteiger partial charge in [-0.3, -0.25) is 5.92 Å². The number of hydrogen-bond donors (Lipinski definition) is 0. The zero-order chi connectivity index (χ0) is 69.9. The third-order valence-electron chi connectivity index (χ3n) is 5.95. The van der Waals surface area contributed by atoms with E-state index in [1.807, 2.05) is 5.92 Å². The highest BCUT2D eigenvalue weighted by molar-refractivity contribution is 5.56. The average Bonchev–Trinajstić information content (AvgIpc) is 3.63. The van der Waals surface area contributed by atoms with E-state index in [1.54, 1.807) is 0 Å². The molecule has 0 aliphatic carbocycles. The van der Waals surface area contributed by atoms with Gasteiger partial charge in [-0.25, -0.2) is 5.92 Å². The summed E-state index contributed by atoms with van der Waals surface area (Å²) >= 11 is 0. The van der Waals surface area contributed by atoms with Crippen molar-refractivity contribution < 1.29 is 0 Å². The Hall–Kier alpha value is -21.6. The van der Waals surface area contributed by atoms with E-state index in [1.165, 1.54) is 0 Å². The van der Waals surface area contributed by atoms with Gasteiger partial charge in [-0.2, -0.15) is 0 Å². The summed E-state index contributed by atoms with van der Waals surface area (Å²) < 4.78 is 0. The highest BCUT2D eigenvalue weighted by Crippen LogP contribution is 1.67. The third-order valence-corrected chi connectivity index (χ3v) is 5.95. The molecule has 0 rings (SSSR count). The molecule has 0 fully saturated rings. The van der Waals surface area contributed by atoms with Crippen molar-refractivity contribution in [2.45, 2.75) is 0 Å². The maximum absolute atomic E-state index is 6.59. The molecule has 0 aromatic rings. The van der Waals surface area contributed by atoms with E-state index in [9.17, 15) is 0 Å². The van der Waals surface area contributed by atoms with Crippen molar-refractivity contribution in [1.29, 1.82) is 0 Å². The molecule has 0 atom stereocenters. The normalized spacial score (nSPS) is 3.94. The first-order valence-electron chi connectivity index (χ1n) is 24.3. The van der Waals surface area contributed by atoms with Crippen LogP contribution in [0.3, 0.4) is 0 Å². The van der Waals surface area contributed by atoms with Crippen molar-refractivity contribution in [3.63, 3.8) is 0 Å². The lowest BCUT2D eigenvalue weighted by atomic mass is 10.4. The van der Waals surface area contributed by atoms with E-state index < -0.39 is 0 Å². The first-order valence-corrected chi connectivity index (χ1v) is 24.3. The van der Waals surface area contributed by atoms with Crippen LogP contribution in [-0.2, 0) is 0 Å². The molecular formula is C98H-. The van der Waals surface area contributed by atoms with Crippen LogP contribution in [0.4, 0.5) is 0 Å². The maximum atomic E-state index is 6.59. The van der Waals surface area contributed by atoms with Crippen LogP contribution < -0.4 is 0 Å². The second-order valence-electron chi connectivity index (χ2n) is 12.0. The van der Waals surface area contributed by atoms with Gasteiger partial charge < -0.3 is 6.42 Å². The smallest absolute Gasteiger partial charge is 0 e. The zero-order valence-electron chi connectivity index (χ0n) is 49.1. The molecule has 0 aromatic carbocycles. The summed E-state index contributed by atoms with van der Waals surface area (Å²) in [4.78, 5) is 0. The monoisotopic (exact) mass is 1180 g/mol. The van der Waals surface area contributed by atoms with E-state index in [4.69, 9.17) is 12.8 Å². The molecule has 0 spiro atoms. The number of rotatable bonds is 0. The predicted molar refractivity (Wildman–Crippen MR) is 381 cm³/mol. The second-order valence-corrected chi connectivity index (χ2v) is 12.0. The lowest BCUT2D eigenvalue weighted by molar-refractivity contribution is 2.31. The summed E-state index contributed by atoms with van der Waals surface area (Å²) in [6, 6.07) is 0. The number of terminal acetylenes is 1. The lowest BCUT2D eigenvalue weighted by Crippen LogP contribution is -1.57. The van der Waals surface area contributed by atoms with Gasteiger partial charge in [0.2, 0.25) is 0 Å². The quantitative estimate of drug-likeness (QED) is 0.244. The second kappa shape index (κ2) is 75.4. The Labute approximate surface area is 577 Å². The highest BCUT2D eigenvalue weighted by atomic mass is 13.7. The highest BCUT2D eigenvalue weighted by Gasteiger charge is 1.67. The molecule has 0 saturated carbocycles. The van der Waals surface area contributed by atoms with Crippen molar-refractivity contribution in [1.82, 2.24) is 0 Å². The molecule has 0 aliphatic rings. The average molecular weight is 1180 g/mol. The maximum Gasteiger partial charge on any atom is 0 e. The molecule has 0 radical (unpaired) electrons. The van der Waals surface area contributed by atoms with Crippen LogP contribution in [0.1, 0.15) is 0 Å². The molecule has 394 valence electrons. The van der Waals surface area contributed by atoms with Crippen LogP contribution in [0.15, 0.2) is 0 Å². The predicted octanol–water partition coefficient (Wildman–Crippen LogP) is 0.369. The third kappa shape index (κ3) is 74.4. The molecule has 98 heavy (non-hydrogen) atoms. The molecule has 0 heteroatoms.